The molecule has 1 heterocycles. The van der Waals surface area contributed by atoms with Crippen molar-refractivity contribution in [2.45, 2.75) is 51.3 Å². The lowest BCUT2D eigenvalue weighted by Gasteiger charge is -2.18. The summed E-state index contributed by atoms with van der Waals surface area (Å²) in [6.07, 6.45) is 3.50. The van der Waals surface area contributed by atoms with Crippen LogP contribution in [0, 0.1) is 0 Å². The summed E-state index contributed by atoms with van der Waals surface area (Å²) in [5.41, 5.74) is 0.964. The molecule has 1 aromatic rings. The van der Waals surface area contributed by atoms with Gasteiger partial charge in [0.25, 0.3) is 0 Å². The van der Waals surface area contributed by atoms with Crippen LogP contribution in [-0.2, 0) is 4.79 Å². The van der Waals surface area contributed by atoms with Gasteiger partial charge in [-0.3, -0.25) is 4.79 Å². The van der Waals surface area contributed by atoms with Gasteiger partial charge in [-0.05, 0) is 57.4 Å². The van der Waals surface area contributed by atoms with Crippen molar-refractivity contribution in [3.63, 3.8) is 0 Å². The molecule has 1 amide bonds. The number of ether oxygens (including phenoxy) is 1. The van der Waals surface area contributed by atoms with Gasteiger partial charge in [0.15, 0.2) is 0 Å². The Balaban J connectivity index is 1.65. The summed E-state index contributed by atoms with van der Waals surface area (Å²) in [5.74, 6) is 1.05. The quantitative estimate of drug-likeness (QED) is 0.896. The van der Waals surface area contributed by atoms with Gasteiger partial charge in [-0.15, -0.1) is 0 Å². The molecule has 0 aromatic heterocycles. The SMILES string of the molecule is CC(C)Oc1ccc(N2CCC(NC3CC3)C2=O)cc1. The van der Waals surface area contributed by atoms with Crippen LogP contribution in [0.3, 0.4) is 0 Å². The van der Waals surface area contributed by atoms with Crippen LogP contribution in [0.5, 0.6) is 5.75 Å². The normalized spacial score (nSPS) is 22.6. The van der Waals surface area contributed by atoms with Crippen LogP contribution in [0.25, 0.3) is 0 Å². The molecule has 3 rings (SSSR count). The van der Waals surface area contributed by atoms with Gasteiger partial charge in [0.05, 0.1) is 12.1 Å². The van der Waals surface area contributed by atoms with E-state index in [2.05, 4.69) is 5.32 Å². The van der Waals surface area contributed by atoms with Crippen molar-refractivity contribution in [3.8, 4) is 5.75 Å². The second kappa shape index (κ2) is 5.44. The van der Waals surface area contributed by atoms with E-state index in [0.29, 0.717) is 6.04 Å². The van der Waals surface area contributed by atoms with Gasteiger partial charge in [-0.2, -0.15) is 0 Å². The zero-order chi connectivity index (χ0) is 14.1. The average Bonchev–Trinajstić information content (AvgIpc) is 3.15. The molecular weight excluding hydrogens is 252 g/mol. The Morgan fingerprint density at radius 3 is 2.50 bits per heavy atom. The highest BCUT2D eigenvalue weighted by molar-refractivity contribution is 5.99. The molecule has 2 fully saturated rings. The Labute approximate surface area is 120 Å². The maximum absolute atomic E-state index is 12.4. The zero-order valence-corrected chi connectivity index (χ0v) is 12.1. The number of amides is 1. The Morgan fingerprint density at radius 1 is 1.20 bits per heavy atom. The van der Waals surface area contributed by atoms with E-state index in [0.717, 1.165) is 24.4 Å². The smallest absolute Gasteiger partial charge is 0.244 e. The third kappa shape index (κ3) is 2.96. The highest BCUT2D eigenvalue weighted by Gasteiger charge is 2.36. The number of nitrogens with one attached hydrogen (secondary N) is 1. The Kier molecular flexibility index (Phi) is 3.66. The lowest BCUT2D eigenvalue weighted by atomic mass is 10.2. The Hall–Kier alpha value is -1.55. The molecule has 4 heteroatoms. The fraction of sp³-hybridized carbons (Fsp3) is 0.562. The van der Waals surface area contributed by atoms with Crippen molar-refractivity contribution in [2.75, 3.05) is 11.4 Å². The van der Waals surface area contributed by atoms with Gasteiger partial charge in [-0.1, -0.05) is 0 Å². The molecular formula is C16H22N2O2. The van der Waals surface area contributed by atoms with Gasteiger partial charge in [0.2, 0.25) is 5.91 Å². The Bertz CT molecular complexity index is 480. The van der Waals surface area contributed by atoms with Crippen molar-refractivity contribution in [3.05, 3.63) is 24.3 Å². The highest BCUT2D eigenvalue weighted by Crippen LogP contribution is 2.27. The van der Waals surface area contributed by atoms with Crippen LogP contribution >= 0.6 is 0 Å². The lowest BCUT2D eigenvalue weighted by molar-refractivity contribution is -0.118. The minimum absolute atomic E-state index is 0.00842. The molecule has 1 atom stereocenters. The van der Waals surface area contributed by atoms with Crippen molar-refractivity contribution >= 4 is 11.6 Å². The molecule has 1 unspecified atom stereocenters. The Morgan fingerprint density at radius 2 is 1.90 bits per heavy atom. The van der Waals surface area contributed by atoms with Crippen LogP contribution in [0.15, 0.2) is 24.3 Å². The van der Waals surface area contributed by atoms with Crippen LogP contribution in [0.2, 0.25) is 0 Å². The zero-order valence-electron chi connectivity index (χ0n) is 12.1. The number of benzene rings is 1. The predicted molar refractivity (Wildman–Crippen MR) is 79.1 cm³/mol. The largest absolute Gasteiger partial charge is 0.491 e. The van der Waals surface area contributed by atoms with Gasteiger partial charge in [0.1, 0.15) is 5.75 Å². The van der Waals surface area contributed by atoms with E-state index < -0.39 is 0 Å². The summed E-state index contributed by atoms with van der Waals surface area (Å²) in [5, 5.41) is 3.42. The maximum Gasteiger partial charge on any atom is 0.244 e. The van der Waals surface area contributed by atoms with E-state index in [1.54, 1.807) is 0 Å². The molecule has 0 spiro atoms. The number of rotatable bonds is 5. The lowest BCUT2D eigenvalue weighted by Crippen LogP contribution is -2.39. The molecule has 1 saturated heterocycles. The molecule has 0 radical (unpaired) electrons. The number of anilines is 1. The molecule has 4 nitrogen and oxygen atoms in total. The fourth-order valence-corrected chi connectivity index (χ4v) is 2.60. The average molecular weight is 274 g/mol. The number of carbonyl (C=O) groups excluding carboxylic acids is 1. The van der Waals surface area contributed by atoms with E-state index in [9.17, 15) is 4.79 Å². The number of hydrogen-bond acceptors (Lipinski definition) is 3. The number of hydrogen-bond donors (Lipinski definition) is 1. The van der Waals surface area contributed by atoms with Crippen molar-refractivity contribution in [1.29, 1.82) is 0 Å². The first-order chi connectivity index (χ1) is 9.63. The second-order valence-electron chi connectivity index (χ2n) is 5.93. The molecule has 1 aromatic carbocycles. The molecule has 2 aliphatic rings. The highest BCUT2D eigenvalue weighted by atomic mass is 16.5. The second-order valence-corrected chi connectivity index (χ2v) is 5.93. The summed E-state index contributed by atoms with van der Waals surface area (Å²) in [7, 11) is 0. The van der Waals surface area contributed by atoms with Crippen LogP contribution in [-0.4, -0.2) is 30.6 Å². The van der Waals surface area contributed by atoms with Crippen molar-refractivity contribution in [2.24, 2.45) is 0 Å². The van der Waals surface area contributed by atoms with E-state index in [4.69, 9.17) is 4.74 Å². The minimum atomic E-state index is 0.00842. The van der Waals surface area contributed by atoms with Gasteiger partial charge >= 0.3 is 0 Å². The summed E-state index contributed by atoms with van der Waals surface area (Å²) >= 11 is 0. The molecule has 1 aliphatic heterocycles. The first-order valence-electron chi connectivity index (χ1n) is 7.47. The fourth-order valence-electron chi connectivity index (χ4n) is 2.60. The van der Waals surface area contributed by atoms with Gasteiger partial charge in [0, 0.05) is 18.3 Å². The van der Waals surface area contributed by atoms with Crippen LogP contribution < -0.4 is 15.0 Å². The number of nitrogens with zero attached hydrogens (tertiary/aromatic N) is 1. The van der Waals surface area contributed by atoms with E-state index in [1.165, 1.54) is 12.8 Å². The first kappa shape index (κ1) is 13.4. The number of carbonyl (C=O) groups is 1. The maximum atomic E-state index is 12.4. The van der Waals surface area contributed by atoms with E-state index >= 15 is 0 Å². The van der Waals surface area contributed by atoms with Crippen LogP contribution in [0.4, 0.5) is 5.69 Å². The monoisotopic (exact) mass is 274 g/mol. The van der Waals surface area contributed by atoms with Gasteiger partial charge in [-0.25, -0.2) is 0 Å². The molecule has 20 heavy (non-hydrogen) atoms. The molecule has 108 valence electrons. The summed E-state index contributed by atoms with van der Waals surface area (Å²) in [6.45, 7) is 4.81. The third-order valence-corrected chi connectivity index (χ3v) is 3.74. The van der Waals surface area contributed by atoms with Crippen LogP contribution in [0.1, 0.15) is 33.1 Å². The van der Waals surface area contributed by atoms with E-state index in [-0.39, 0.29) is 18.1 Å². The topological polar surface area (TPSA) is 41.6 Å². The summed E-state index contributed by atoms with van der Waals surface area (Å²) < 4.78 is 5.62. The van der Waals surface area contributed by atoms with Crippen molar-refractivity contribution in [1.82, 2.24) is 5.32 Å². The standard InChI is InChI=1S/C16H22N2O2/c1-11(2)20-14-7-5-13(6-8-14)18-10-9-15(16(18)19)17-12-3-4-12/h5-8,11-12,15,17H,3-4,9-10H2,1-2H3. The molecule has 1 N–H and O–H groups in total. The molecule has 1 aliphatic carbocycles. The first-order valence-corrected chi connectivity index (χ1v) is 7.47. The van der Waals surface area contributed by atoms with Gasteiger partial charge < -0.3 is 15.0 Å². The molecule has 0 bridgehead atoms. The third-order valence-electron chi connectivity index (χ3n) is 3.74. The van der Waals surface area contributed by atoms with Crippen molar-refractivity contribution < 1.29 is 9.53 Å². The summed E-state index contributed by atoms with van der Waals surface area (Å²) in [4.78, 5) is 14.2. The predicted octanol–water partition coefficient (Wildman–Crippen LogP) is 2.33. The van der Waals surface area contributed by atoms with E-state index in [1.807, 2.05) is 43.0 Å². The summed E-state index contributed by atoms with van der Waals surface area (Å²) in [6, 6.07) is 8.39. The molecule has 1 saturated carbocycles. The minimum Gasteiger partial charge on any atom is -0.491 e.